The van der Waals surface area contributed by atoms with Gasteiger partial charge in [0.15, 0.2) is 0 Å². The van der Waals surface area contributed by atoms with E-state index in [9.17, 15) is 0 Å². The fourth-order valence-electron chi connectivity index (χ4n) is 2.17. The summed E-state index contributed by atoms with van der Waals surface area (Å²) < 4.78 is 6.46. The Labute approximate surface area is 100 Å². The molecule has 0 N–H and O–H groups in total. The summed E-state index contributed by atoms with van der Waals surface area (Å²) >= 11 is 2.30. The van der Waals surface area contributed by atoms with Gasteiger partial charge in [-0.3, -0.25) is 0 Å². The Morgan fingerprint density at radius 3 is 3.13 bits per heavy atom. The maximum absolute atomic E-state index is 4.77. The van der Waals surface area contributed by atoms with Crippen LogP contribution in [0.1, 0.15) is 33.4 Å². The van der Waals surface area contributed by atoms with Gasteiger partial charge in [-0.15, -0.1) is 0 Å². The van der Waals surface area contributed by atoms with Gasteiger partial charge in [0.05, 0.1) is 0 Å². The van der Waals surface area contributed by atoms with Crippen LogP contribution in [0.4, 0.5) is 0 Å². The second-order valence-electron chi connectivity index (χ2n) is 3.99. The van der Waals surface area contributed by atoms with Gasteiger partial charge in [0.2, 0.25) is 0 Å². The molecule has 0 unspecified atom stereocenters. The van der Waals surface area contributed by atoms with Gasteiger partial charge in [-0.1, -0.05) is 0 Å². The van der Waals surface area contributed by atoms with Crippen molar-refractivity contribution < 1.29 is 0 Å². The van der Waals surface area contributed by atoms with Crippen LogP contribution in [0.3, 0.4) is 0 Å². The topological polar surface area (TPSA) is 12.9 Å². The maximum atomic E-state index is 4.77. The van der Waals surface area contributed by atoms with Gasteiger partial charge in [-0.25, -0.2) is 0 Å². The molecule has 1 nitrogen and oxygen atoms in total. The zero-order chi connectivity index (χ0) is 10.1. The summed E-state index contributed by atoms with van der Waals surface area (Å²) in [5.74, 6) is 0. The molecule has 15 heavy (non-hydrogen) atoms. The molecular formula is C12H13NSSe. The first-order valence-electron chi connectivity index (χ1n) is 5.42. The molecule has 2 aromatic heterocycles. The SMILES string of the molecule is c1csc(Cc2n[se]c3c2CCCC3)c1. The zero-order valence-corrected chi connectivity index (χ0v) is 11.1. The average Bonchev–Trinajstić information content (AvgIpc) is 2.89. The molecule has 0 amide bonds. The molecule has 0 radical (unpaired) electrons. The Morgan fingerprint density at radius 2 is 2.27 bits per heavy atom. The Kier molecular flexibility index (Phi) is 2.78. The monoisotopic (exact) mass is 283 g/mol. The molecule has 0 saturated carbocycles. The summed E-state index contributed by atoms with van der Waals surface area (Å²) in [7, 11) is 0. The van der Waals surface area contributed by atoms with Crippen molar-refractivity contribution in [2.45, 2.75) is 32.1 Å². The second kappa shape index (κ2) is 4.25. The number of rotatable bonds is 2. The number of nitrogens with zero attached hydrogens (tertiary/aromatic N) is 1. The zero-order valence-electron chi connectivity index (χ0n) is 8.53. The van der Waals surface area contributed by atoms with Crippen LogP contribution in [0, 0.1) is 0 Å². The number of thiophene rings is 1. The van der Waals surface area contributed by atoms with Gasteiger partial charge in [0, 0.05) is 0 Å². The van der Waals surface area contributed by atoms with Gasteiger partial charge in [0.1, 0.15) is 0 Å². The quantitative estimate of drug-likeness (QED) is 0.772. The summed E-state index contributed by atoms with van der Waals surface area (Å²) in [4.78, 5) is 1.46. The van der Waals surface area contributed by atoms with Gasteiger partial charge < -0.3 is 0 Å². The minimum atomic E-state index is 0.447. The molecule has 0 bridgehead atoms. The third-order valence-corrected chi connectivity index (χ3v) is 5.89. The van der Waals surface area contributed by atoms with Crippen molar-refractivity contribution in [3.8, 4) is 0 Å². The van der Waals surface area contributed by atoms with Crippen LogP contribution in [-0.4, -0.2) is 18.7 Å². The Balaban J connectivity index is 1.89. The van der Waals surface area contributed by atoms with Crippen LogP contribution < -0.4 is 0 Å². The first kappa shape index (κ1) is 9.83. The molecule has 0 fully saturated rings. The van der Waals surface area contributed by atoms with Crippen LogP contribution >= 0.6 is 11.3 Å². The van der Waals surface area contributed by atoms with Crippen LogP contribution in [0.15, 0.2) is 17.5 Å². The van der Waals surface area contributed by atoms with E-state index < -0.39 is 0 Å². The summed E-state index contributed by atoms with van der Waals surface area (Å²) in [5, 5.41) is 2.16. The van der Waals surface area contributed by atoms with E-state index in [2.05, 4.69) is 17.5 Å². The summed E-state index contributed by atoms with van der Waals surface area (Å²) in [6.07, 6.45) is 6.47. The van der Waals surface area contributed by atoms with Crippen LogP contribution in [-0.2, 0) is 19.3 Å². The van der Waals surface area contributed by atoms with E-state index in [1.54, 1.807) is 10.0 Å². The van der Waals surface area contributed by atoms with Crippen LogP contribution in [0.25, 0.3) is 0 Å². The first-order valence-corrected chi connectivity index (χ1v) is 7.92. The number of hydrogen-bond acceptors (Lipinski definition) is 2. The van der Waals surface area contributed by atoms with E-state index in [1.807, 2.05) is 11.3 Å². The van der Waals surface area contributed by atoms with Gasteiger partial charge in [-0.2, -0.15) is 0 Å². The number of aryl methyl sites for hydroxylation is 1. The molecule has 0 aliphatic heterocycles. The molecule has 0 aromatic carbocycles. The molecule has 3 heteroatoms. The Morgan fingerprint density at radius 1 is 1.33 bits per heavy atom. The predicted octanol–water partition coefficient (Wildman–Crippen LogP) is 2.67. The van der Waals surface area contributed by atoms with Crippen molar-refractivity contribution in [1.29, 1.82) is 0 Å². The van der Waals surface area contributed by atoms with E-state index in [-0.39, 0.29) is 0 Å². The normalized spacial score (nSPS) is 15.2. The van der Waals surface area contributed by atoms with Gasteiger partial charge in [0.25, 0.3) is 0 Å². The molecule has 0 spiro atoms. The fraction of sp³-hybridized carbons (Fsp3) is 0.417. The van der Waals surface area contributed by atoms with Crippen molar-refractivity contribution >= 4 is 26.1 Å². The number of hydrogen-bond donors (Lipinski definition) is 0. The van der Waals surface area contributed by atoms with Crippen molar-refractivity contribution in [2.24, 2.45) is 0 Å². The van der Waals surface area contributed by atoms with Crippen LogP contribution in [0.5, 0.6) is 0 Å². The van der Waals surface area contributed by atoms with Gasteiger partial charge >= 0.3 is 100 Å². The molecular weight excluding hydrogens is 269 g/mol. The third-order valence-electron chi connectivity index (χ3n) is 2.95. The van der Waals surface area contributed by atoms with E-state index in [0.717, 1.165) is 6.42 Å². The fourth-order valence-corrected chi connectivity index (χ4v) is 4.89. The van der Waals surface area contributed by atoms with Crippen molar-refractivity contribution in [3.05, 3.63) is 38.1 Å². The van der Waals surface area contributed by atoms with Crippen molar-refractivity contribution in [3.63, 3.8) is 0 Å². The standard InChI is InChI=1S/C12H13NSSe/c1-2-6-12-10(5-1)11(13-15-12)8-9-4-3-7-14-9/h3-4,7H,1-2,5-6,8H2. The van der Waals surface area contributed by atoms with E-state index in [4.69, 9.17) is 3.98 Å². The molecule has 2 heterocycles. The minimum absolute atomic E-state index is 0.447. The van der Waals surface area contributed by atoms with E-state index in [1.165, 1.54) is 36.3 Å². The third kappa shape index (κ3) is 1.96. The van der Waals surface area contributed by atoms with E-state index >= 15 is 0 Å². The number of fused-ring (bicyclic) bond motifs is 1. The second-order valence-corrected chi connectivity index (χ2v) is 6.83. The average molecular weight is 282 g/mol. The molecule has 0 atom stereocenters. The van der Waals surface area contributed by atoms with Crippen molar-refractivity contribution in [2.75, 3.05) is 0 Å². The number of aromatic nitrogens is 1. The Bertz CT molecular complexity index is 444. The summed E-state index contributed by atoms with van der Waals surface area (Å²) in [6, 6.07) is 4.36. The first-order chi connectivity index (χ1) is 7.43. The molecule has 3 rings (SSSR count). The van der Waals surface area contributed by atoms with Crippen molar-refractivity contribution in [1.82, 2.24) is 3.98 Å². The van der Waals surface area contributed by atoms with Crippen LogP contribution in [0.2, 0.25) is 0 Å². The summed E-state index contributed by atoms with van der Waals surface area (Å²) in [5.41, 5.74) is 3.04. The predicted molar refractivity (Wildman–Crippen MR) is 64.9 cm³/mol. The van der Waals surface area contributed by atoms with E-state index in [0.29, 0.717) is 14.7 Å². The van der Waals surface area contributed by atoms with Gasteiger partial charge in [-0.05, 0) is 0 Å². The summed E-state index contributed by atoms with van der Waals surface area (Å²) in [6.45, 7) is 0. The molecule has 1 aliphatic carbocycles. The molecule has 0 saturated heterocycles. The molecule has 2 aromatic rings. The molecule has 78 valence electrons. The molecule has 1 aliphatic rings. The Hall–Kier alpha value is -0.371.